The van der Waals surface area contributed by atoms with Crippen molar-refractivity contribution in [2.75, 3.05) is 39.6 Å². The number of ether oxygens (including phenoxy) is 2. The van der Waals surface area contributed by atoms with E-state index >= 15 is 0 Å². The van der Waals surface area contributed by atoms with Crippen LogP contribution >= 0.6 is 0 Å². The van der Waals surface area contributed by atoms with Crippen LogP contribution in [-0.2, 0) is 9.53 Å². The average molecular weight is 252 g/mol. The zero-order chi connectivity index (χ0) is 13.4. The first kappa shape index (κ1) is 14.3. The molecule has 0 saturated heterocycles. The van der Waals surface area contributed by atoms with Crippen LogP contribution in [0.25, 0.3) is 0 Å². The number of anilines is 1. The topological polar surface area (TPSA) is 64.8 Å². The van der Waals surface area contributed by atoms with Crippen LogP contribution in [0.4, 0.5) is 5.69 Å². The Balaban J connectivity index is 2.24. The summed E-state index contributed by atoms with van der Waals surface area (Å²) in [4.78, 5) is 13.3. The summed E-state index contributed by atoms with van der Waals surface area (Å²) in [5.41, 5.74) is 6.25. The SMILES string of the molecule is COCCN(C)C(=O)CCOc1ccc(N)cc1. The predicted molar refractivity (Wildman–Crippen MR) is 70.5 cm³/mol. The number of carbonyl (C=O) groups excluding carboxylic acids is 1. The molecule has 0 aliphatic heterocycles. The van der Waals surface area contributed by atoms with E-state index in [2.05, 4.69) is 0 Å². The summed E-state index contributed by atoms with van der Waals surface area (Å²) in [6.45, 7) is 1.50. The molecule has 1 aromatic carbocycles. The van der Waals surface area contributed by atoms with E-state index in [1.807, 2.05) is 0 Å². The summed E-state index contributed by atoms with van der Waals surface area (Å²) in [5, 5.41) is 0. The lowest BCUT2D eigenvalue weighted by Crippen LogP contribution is -2.30. The molecule has 0 heterocycles. The maximum absolute atomic E-state index is 11.7. The van der Waals surface area contributed by atoms with Crippen molar-refractivity contribution in [3.05, 3.63) is 24.3 Å². The van der Waals surface area contributed by atoms with Crippen molar-refractivity contribution in [3.63, 3.8) is 0 Å². The Morgan fingerprint density at radius 3 is 2.56 bits per heavy atom. The van der Waals surface area contributed by atoms with Crippen LogP contribution in [0.15, 0.2) is 24.3 Å². The van der Waals surface area contributed by atoms with E-state index in [1.165, 1.54) is 0 Å². The smallest absolute Gasteiger partial charge is 0.225 e. The van der Waals surface area contributed by atoms with Gasteiger partial charge in [-0.2, -0.15) is 0 Å². The molecule has 0 bridgehead atoms. The number of carbonyl (C=O) groups is 1. The number of nitrogens with two attached hydrogens (primary N) is 1. The van der Waals surface area contributed by atoms with Crippen LogP contribution in [0, 0.1) is 0 Å². The highest BCUT2D eigenvalue weighted by molar-refractivity contribution is 5.75. The van der Waals surface area contributed by atoms with Gasteiger partial charge in [0.2, 0.25) is 5.91 Å². The van der Waals surface area contributed by atoms with Crippen molar-refractivity contribution in [1.29, 1.82) is 0 Å². The molecular formula is C13H20N2O3. The van der Waals surface area contributed by atoms with E-state index < -0.39 is 0 Å². The first-order chi connectivity index (χ1) is 8.63. The zero-order valence-corrected chi connectivity index (χ0v) is 10.9. The van der Waals surface area contributed by atoms with E-state index in [0.29, 0.717) is 31.9 Å². The summed E-state index contributed by atoms with van der Waals surface area (Å²) < 4.78 is 10.4. The third kappa shape index (κ3) is 5.05. The maximum Gasteiger partial charge on any atom is 0.225 e. The van der Waals surface area contributed by atoms with E-state index in [1.54, 1.807) is 43.3 Å². The van der Waals surface area contributed by atoms with Crippen molar-refractivity contribution >= 4 is 11.6 Å². The Morgan fingerprint density at radius 2 is 1.94 bits per heavy atom. The highest BCUT2D eigenvalue weighted by Crippen LogP contribution is 2.13. The molecule has 18 heavy (non-hydrogen) atoms. The fourth-order valence-electron chi connectivity index (χ4n) is 1.36. The number of hydrogen-bond acceptors (Lipinski definition) is 4. The molecule has 0 radical (unpaired) electrons. The molecule has 0 aliphatic rings. The third-order valence-electron chi connectivity index (χ3n) is 2.52. The first-order valence-corrected chi connectivity index (χ1v) is 5.84. The molecule has 0 atom stereocenters. The van der Waals surface area contributed by atoms with Crippen LogP contribution in [0.5, 0.6) is 5.75 Å². The largest absolute Gasteiger partial charge is 0.493 e. The molecule has 0 fully saturated rings. The molecule has 2 N–H and O–H groups in total. The van der Waals surface area contributed by atoms with Gasteiger partial charge in [0, 0.05) is 26.4 Å². The van der Waals surface area contributed by atoms with Crippen LogP contribution in [-0.4, -0.2) is 44.7 Å². The number of methoxy groups -OCH3 is 1. The minimum atomic E-state index is 0.0440. The summed E-state index contributed by atoms with van der Waals surface area (Å²) in [6, 6.07) is 7.10. The minimum Gasteiger partial charge on any atom is -0.493 e. The van der Waals surface area contributed by atoms with Crippen LogP contribution < -0.4 is 10.5 Å². The number of nitrogen functional groups attached to an aromatic ring is 1. The Bertz CT molecular complexity index is 365. The molecule has 0 spiro atoms. The fraction of sp³-hybridized carbons (Fsp3) is 0.462. The molecule has 1 aromatic rings. The van der Waals surface area contributed by atoms with E-state index in [-0.39, 0.29) is 5.91 Å². The molecule has 0 aromatic heterocycles. The third-order valence-corrected chi connectivity index (χ3v) is 2.52. The number of nitrogens with zero attached hydrogens (tertiary/aromatic N) is 1. The summed E-state index contributed by atoms with van der Waals surface area (Å²) in [6.07, 6.45) is 0.352. The summed E-state index contributed by atoms with van der Waals surface area (Å²) in [5.74, 6) is 0.763. The number of hydrogen-bond donors (Lipinski definition) is 1. The minimum absolute atomic E-state index is 0.0440. The second-order valence-corrected chi connectivity index (χ2v) is 3.98. The number of rotatable bonds is 7. The van der Waals surface area contributed by atoms with Gasteiger partial charge in [-0.05, 0) is 24.3 Å². The maximum atomic E-state index is 11.7. The molecule has 0 saturated carbocycles. The van der Waals surface area contributed by atoms with Gasteiger partial charge in [-0.1, -0.05) is 0 Å². The Morgan fingerprint density at radius 1 is 1.28 bits per heavy atom. The molecule has 5 heteroatoms. The van der Waals surface area contributed by atoms with E-state index in [0.717, 1.165) is 5.75 Å². The molecular weight excluding hydrogens is 232 g/mol. The van der Waals surface area contributed by atoms with Gasteiger partial charge in [-0.3, -0.25) is 4.79 Å². The zero-order valence-electron chi connectivity index (χ0n) is 10.9. The average Bonchev–Trinajstić information content (AvgIpc) is 2.38. The molecule has 1 rings (SSSR count). The van der Waals surface area contributed by atoms with Crippen molar-refractivity contribution in [3.8, 4) is 5.75 Å². The summed E-state index contributed by atoms with van der Waals surface area (Å²) >= 11 is 0. The van der Waals surface area contributed by atoms with Gasteiger partial charge in [0.05, 0.1) is 19.6 Å². The fourth-order valence-corrected chi connectivity index (χ4v) is 1.36. The number of likely N-dealkylation sites (N-methyl/N-ethyl adjacent to an activating group) is 1. The van der Waals surface area contributed by atoms with Crippen molar-refractivity contribution < 1.29 is 14.3 Å². The Labute approximate surface area is 107 Å². The normalized spacial score (nSPS) is 10.1. The summed E-state index contributed by atoms with van der Waals surface area (Å²) in [7, 11) is 3.37. The van der Waals surface area contributed by atoms with Gasteiger partial charge < -0.3 is 20.1 Å². The quantitative estimate of drug-likeness (QED) is 0.739. The standard InChI is InChI=1S/C13H20N2O3/c1-15(8-10-17-2)13(16)7-9-18-12-5-3-11(14)4-6-12/h3-6H,7-10,14H2,1-2H3. The van der Waals surface area contributed by atoms with Gasteiger partial charge >= 0.3 is 0 Å². The Hall–Kier alpha value is -1.75. The predicted octanol–water partition coefficient (Wildman–Crippen LogP) is 1.14. The van der Waals surface area contributed by atoms with Gasteiger partial charge in [0.15, 0.2) is 0 Å². The van der Waals surface area contributed by atoms with E-state index in [9.17, 15) is 4.79 Å². The monoisotopic (exact) mass is 252 g/mol. The second kappa shape index (κ2) is 7.55. The van der Waals surface area contributed by atoms with Crippen molar-refractivity contribution in [2.24, 2.45) is 0 Å². The molecule has 0 unspecified atom stereocenters. The highest BCUT2D eigenvalue weighted by Gasteiger charge is 2.08. The van der Waals surface area contributed by atoms with Crippen LogP contribution in [0.1, 0.15) is 6.42 Å². The molecule has 0 aliphatic carbocycles. The van der Waals surface area contributed by atoms with Crippen LogP contribution in [0.3, 0.4) is 0 Å². The molecule has 1 amide bonds. The van der Waals surface area contributed by atoms with Gasteiger partial charge in [-0.15, -0.1) is 0 Å². The van der Waals surface area contributed by atoms with Gasteiger partial charge in [-0.25, -0.2) is 0 Å². The highest BCUT2D eigenvalue weighted by atomic mass is 16.5. The lowest BCUT2D eigenvalue weighted by molar-refractivity contribution is -0.130. The Kier molecular flexibility index (Phi) is 6.00. The van der Waals surface area contributed by atoms with Gasteiger partial charge in [0.1, 0.15) is 5.75 Å². The molecule has 100 valence electrons. The lowest BCUT2D eigenvalue weighted by atomic mass is 10.3. The molecule has 5 nitrogen and oxygen atoms in total. The first-order valence-electron chi connectivity index (χ1n) is 5.84. The van der Waals surface area contributed by atoms with Gasteiger partial charge in [0.25, 0.3) is 0 Å². The second-order valence-electron chi connectivity index (χ2n) is 3.98. The van der Waals surface area contributed by atoms with E-state index in [4.69, 9.17) is 15.2 Å². The number of benzene rings is 1. The van der Waals surface area contributed by atoms with Crippen molar-refractivity contribution in [2.45, 2.75) is 6.42 Å². The van der Waals surface area contributed by atoms with Crippen LogP contribution in [0.2, 0.25) is 0 Å². The number of amides is 1. The lowest BCUT2D eigenvalue weighted by Gasteiger charge is -2.16. The van der Waals surface area contributed by atoms with Crippen molar-refractivity contribution in [1.82, 2.24) is 4.90 Å².